The standard InChI is InChI=1S/C17H18ClN3/c1-10-5-6-14(12(3)9-10)21-16(13(4)18)20-15-11(2)7-8-19-17(15)21/h5-9,13H,1-4H3. The van der Waals surface area contributed by atoms with Crippen LogP contribution in [-0.4, -0.2) is 14.5 Å². The summed E-state index contributed by atoms with van der Waals surface area (Å²) in [7, 11) is 0. The first-order chi connectivity index (χ1) is 9.99. The van der Waals surface area contributed by atoms with Gasteiger partial charge in [-0.2, -0.15) is 0 Å². The average molecular weight is 300 g/mol. The van der Waals surface area contributed by atoms with Crippen molar-refractivity contribution in [3.8, 4) is 5.69 Å². The first-order valence-electron chi connectivity index (χ1n) is 7.04. The van der Waals surface area contributed by atoms with Crippen molar-refractivity contribution >= 4 is 22.8 Å². The van der Waals surface area contributed by atoms with E-state index in [0.717, 1.165) is 28.2 Å². The molecule has 3 nitrogen and oxygen atoms in total. The minimum absolute atomic E-state index is 0.181. The van der Waals surface area contributed by atoms with Crippen molar-refractivity contribution in [3.05, 3.63) is 53.0 Å². The molecule has 0 radical (unpaired) electrons. The van der Waals surface area contributed by atoms with Gasteiger partial charge in [0.15, 0.2) is 5.65 Å². The van der Waals surface area contributed by atoms with Gasteiger partial charge in [0.05, 0.1) is 11.1 Å². The number of pyridine rings is 1. The van der Waals surface area contributed by atoms with Crippen LogP contribution in [-0.2, 0) is 0 Å². The molecule has 0 saturated heterocycles. The van der Waals surface area contributed by atoms with E-state index in [1.807, 2.05) is 26.1 Å². The number of hydrogen-bond acceptors (Lipinski definition) is 2. The van der Waals surface area contributed by atoms with Crippen LogP contribution in [0.1, 0.15) is 34.8 Å². The average Bonchev–Trinajstić information content (AvgIpc) is 2.80. The van der Waals surface area contributed by atoms with E-state index in [1.54, 1.807) is 0 Å². The van der Waals surface area contributed by atoms with Crippen molar-refractivity contribution in [2.75, 3.05) is 0 Å². The number of rotatable bonds is 2. The van der Waals surface area contributed by atoms with E-state index in [1.165, 1.54) is 11.1 Å². The first kappa shape index (κ1) is 14.1. The summed E-state index contributed by atoms with van der Waals surface area (Å²) in [4.78, 5) is 9.25. The van der Waals surface area contributed by atoms with Gasteiger partial charge in [0.25, 0.3) is 0 Å². The van der Waals surface area contributed by atoms with Gasteiger partial charge in [0.2, 0.25) is 0 Å². The monoisotopic (exact) mass is 299 g/mol. The van der Waals surface area contributed by atoms with Crippen LogP contribution in [0, 0.1) is 20.8 Å². The zero-order valence-electron chi connectivity index (χ0n) is 12.7. The van der Waals surface area contributed by atoms with E-state index < -0.39 is 0 Å². The largest absolute Gasteiger partial charge is 0.279 e. The number of alkyl halides is 1. The van der Waals surface area contributed by atoms with Crippen molar-refractivity contribution in [1.29, 1.82) is 0 Å². The second-order valence-electron chi connectivity index (χ2n) is 5.51. The second kappa shape index (κ2) is 5.15. The zero-order chi connectivity index (χ0) is 15.1. The van der Waals surface area contributed by atoms with Crippen LogP contribution < -0.4 is 0 Å². The summed E-state index contributed by atoms with van der Waals surface area (Å²) in [6.45, 7) is 8.19. The highest BCUT2D eigenvalue weighted by Crippen LogP contribution is 2.29. The Hall–Kier alpha value is -1.87. The lowest BCUT2D eigenvalue weighted by molar-refractivity contribution is 0.872. The van der Waals surface area contributed by atoms with Crippen LogP contribution in [0.15, 0.2) is 30.5 Å². The molecule has 0 amide bonds. The number of aromatic nitrogens is 3. The van der Waals surface area contributed by atoms with Crippen LogP contribution in [0.3, 0.4) is 0 Å². The van der Waals surface area contributed by atoms with E-state index in [-0.39, 0.29) is 5.38 Å². The van der Waals surface area contributed by atoms with E-state index in [0.29, 0.717) is 0 Å². The van der Waals surface area contributed by atoms with Crippen molar-refractivity contribution in [2.45, 2.75) is 33.1 Å². The minimum Gasteiger partial charge on any atom is -0.279 e. The Labute approximate surface area is 129 Å². The number of benzene rings is 1. The molecular weight excluding hydrogens is 282 g/mol. The fourth-order valence-electron chi connectivity index (χ4n) is 2.67. The molecule has 4 heteroatoms. The lowest BCUT2D eigenvalue weighted by atomic mass is 10.1. The zero-order valence-corrected chi connectivity index (χ0v) is 13.4. The predicted molar refractivity (Wildman–Crippen MR) is 87.3 cm³/mol. The number of imidazole rings is 1. The maximum absolute atomic E-state index is 6.35. The second-order valence-corrected chi connectivity index (χ2v) is 6.17. The highest BCUT2D eigenvalue weighted by molar-refractivity contribution is 6.20. The molecule has 1 unspecified atom stereocenters. The molecular formula is C17H18ClN3. The molecule has 0 spiro atoms. The normalized spacial score (nSPS) is 12.8. The van der Waals surface area contributed by atoms with Gasteiger partial charge in [0.1, 0.15) is 11.3 Å². The number of aryl methyl sites for hydroxylation is 3. The van der Waals surface area contributed by atoms with Gasteiger partial charge in [-0.1, -0.05) is 17.7 Å². The Morgan fingerprint density at radius 3 is 2.52 bits per heavy atom. The smallest absolute Gasteiger partial charge is 0.164 e. The lowest BCUT2D eigenvalue weighted by Crippen LogP contribution is -2.04. The third-order valence-corrected chi connectivity index (χ3v) is 3.92. The summed E-state index contributed by atoms with van der Waals surface area (Å²) in [6, 6.07) is 8.36. The van der Waals surface area contributed by atoms with Crippen molar-refractivity contribution in [2.24, 2.45) is 0 Å². The summed E-state index contributed by atoms with van der Waals surface area (Å²) in [5.74, 6) is 0.834. The summed E-state index contributed by atoms with van der Waals surface area (Å²) in [6.07, 6.45) is 1.82. The maximum atomic E-state index is 6.35. The molecule has 0 N–H and O–H groups in total. The van der Waals surface area contributed by atoms with Crippen LogP contribution in [0.5, 0.6) is 0 Å². The topological polar surface area (TPSA) is 30.7 Å². The highest BCUT2D eigenvalue weighted by atomic mass is 35.5. The van der Waals surface area contributed by atoms with Gasteiger partial charge in [-0.15, -0.1) is 11.6 Å². The molecule has 1 atom stereocenters. The van der Waals surface area contributed by atoms with Crippen LogP contribution in [0.2, 0.25) is 0 Å². The number of hydrogen-bond donors (Lipinski definition) is 0. The third-order valence-electron chi connectivity index (χ3n) is 3.72. The van der Waals surface area contributed by atoms with E-state index in [2.05, 4.69) is 41.6 Å². The molecule has 3 rings (SSSR count). The predicted octanol–water partition coefficient (Wildman–Crippen LogP) is 4.65. The van der Waals surface area contributed by atoms with Crippen LogP contribution in [0.25, 0.3) is 16.9 Å². The Bertz CT molecular complexity index is 818. The Kier molecular flexibility index (Phi) is 3.46. The minimum atomic E-state index is -0.181. The number of fused-ring (bicyclic) bond motifs is 1. The Balaban J connectivity index is 2.39. The van der Waals surface area contributed by atoms with Crippen LogP contribution >= 0.6 is 11.6 Å². The van der Waals surface area contributed by atoms with E-state index in [9.17, 15) is 0 Å². The molecule has 0 saturated carbocycles. The van der Waals surface area contributed by atoms with Gasteiger partial charge in [-0.3, -0.25) is 4.57 Å². The lowest BCUT2D eigenvalue weighted by Gasteiger charge is -2.13. The quantitative estimate of drug-likeness (QED) is 0.645. The summed E-state index contributed by atoms with van der Waals surface area (Å²) in [5, 5.41) is -0.181. The van der Waals surface area contributed by atoms with Crippen molar-refractivity contribution in [1.82, 2.24) is 14.5 Å². The van der Waals surface area contributed by atoms with Gasteiger partial charge in [-0.05, 0) is 51.0 Å². The molecule has 0 aliphatic carbocycles. The first-order valence-corrected chi connectivity index (χ1v) is 7.48. The number of halogens is 1. The summed E-state index contributed by atoms with van der Waals surface area (Å²) >= 11 is 6.35. The van der Waals surface area contributed by atoms with Gasteiger partial charge >= 0.3 is 0 Å². The van der Waals surface area contributed by atoms with Gasteiger partial charge < -0.3 is 0 Å². The fraction of sp³-hybridized carbons (Fsp3) is 0.294. The summed E-state index contributed by atoms with van der Waals surface area (Å²) in [5.41, 5.74) is 6.41. The molecule has 0 fully saturated rings. The molecule has 2 heterocycles. The Morgan fingerprint density at radius 2 is 1.86 bits per heavy atom. The molecule has 1 aromatic carbocycles. The third kappa shape index (κ3) is 2.32. The van der Waals surface area contributed by atoms with Gasteiger partial charge in [0, 0.05) is 6.20 Å². The molecule has 0 aliphatic rings. The fourth-order valence-corrected chi connectivity index (χ4v) is 2.82. The molecule has 3 aromatic rings. The SMILES string of the molecule is Cc1ccc(-n2c(C(C)Cl)nc3c(C)ccnc32)c(C)c1. The number of nitrogens with zero attached hydrogens (tertiary/aromatic N) is 3. The van der Waals surface area contributed by atoms with E-state index in [4.69, 9.17) is 16.6 Å². The molecule has 21 heavy (non-hydrogen) atoms. The molecule has 2 aromatic heterocycles. The van der Waals surface area contributed by atoms with Crippen LogP contribution in [0.4, 0.5) is 0 Å². The van der Waals surface area contributed by atoms with Crippen molar-refractivity contribution < 1.29 is 0 Å². The van der Waals surface area contributed by atoms with Crippen molar-refractivity contribution in [3.63, 3.8) is 0 Å². The Morgan fingerprint density at radius 1 is 1.10 bits per heavy atom. The highest BCUT2D eigenvalue weighted by Gasteiger charge is 2.19. The molecule has 108 valence electrons. The molecule has 0 bridgehead atoms. The van der Waals surface area contributed by atoms with E-state index >= 15 is 0 Å². The maximum Gasteiger partial charge on any atom is 0.164 e. The van der Waals surface area contributed by atoms with Gasteiger partial charge in [-0.25, -0.2) is 9.97 Å². The summed E-state index contributed by atoms with van der Waals surface area (Å²) < 4.78 is 2.08. The molecule has 0 aliphatic heterocycles.